The lowest BCUT2D eigenvalue weighted by Gasteiger charge is -2.30. The number of hydrogen-bond acceptors (Lipinski definition) is 5. The second kappa shape index (κ2) is 9.84. The van der Waals surface area contributed by atoms with Gasteiger partial charge in [-0.3, -0.25) is 9.69 Å². The molecule has 5 rings (SSSR count). The molecule has 0 bridgehead atoms. The highest BCUT2D eigenvalue weighted by Gasteiger charge is 2.37. The second-order valence-corrected chi connectivity index (χ2v) is 9.40. The van der Waals surface area contributed by atoms with Gasteiger partial charge in [-0.2, -0.15) is 0 Å². The average Bonchev–Trinajstić information content (AvgIpc) is 3.18. The molecular weight excluding hydrogens is 454 g/mol. The van der Waals surface area contributed by atoms with Crippen molar-refractivity contribution in [3.8, 4) is 5.75 Å². The molecule has 0 aromatic heterocycles. The molecule has 2 aliphatic heterocycles. The van der Waals surface area contributed by atoms with Gasteiger partial charge in [0.2, 0.25) is 0 Å². The van der Waals surface area contributed by atoms with E-state index in [1.165, 1.54) is 22.9 Å². The van der Waals surface area contributed by atoms with Crippen molar-refractivity contribution in [2.75, 3.05) is 18.6 Å². The monoisotopic (exact) mass is 481 g/mol. The number of ether oxygens (including phenoxy) is 1. The highest BCUT2D eigenvalue weighted by molar-refractivity contribution is 8.18. The van der Waals surface area contributed by atoms with Gasteiger partial charge in [-0.25, -0.2) is 4.99 Å². The summed E-state index contributed by atoms with van der Waals surface area (Å²) in [6.45, 7) is 5.43. The molecule has 0 unspecified atom stereocenters. The van der Waals surface area contributed by atoms with Crippen LogP contribution in [-0.4, -0.2) is 29.6 Å². The predicted octanol–water partition coefficient (Wildman–Crippen LogP) is 6.53. The lowest BCUT2D eigenvalue weighted by atomic mass is 10.0. The van der Waals surface area contributed by atoms with E-state index in [0.717, 1.165) is 34.9 Å². The lowest BCUT2D eigenvalue weighted by molar-refractivity contribution is -0.122. The third kappa shape index (κ3) is 4.62. The smallest absolute Gasteiger partial charge is 0.269 e. The van der Waals surface area contributed by atoms with Crippen molar-refractivity contribution in [2.45, 2.75) is 20.4 Å². The van der Waals surface area contributed by atoms with Gasteiger partial charge in [-0.1, -0.05) is 48.0 Å². The quantitative estimate of drug-likeness (QED) is 0.389. The number of methoxy groups -OCH3 is 1. The van der Waals surface area contributed by atoms with Crippen molar-refractivity contribution in [3.63, 3.8) is 0 Å². The highest BCUT2D eigenvalue weighted by Crippen LogP contribution is 2.41. The van der Waals surface area contributed by atoms with Crippen molar-refractivity contribution in [1.29, 1.82) is 0 Å². The molecule has 5 nitrogen and oxygen atoms in total. The number of thioether (sulfide) groups is 1. The maximum Gasteiger partial charge on any atom is 0.269 e. The van der Waals surface area contributed by atoms with E-state index in [-0.39, 0.29) is 5.91 Å². The molecule has 6 heteroatoms. The molecular formula is C29H27N3O2S. The zero-order valence-corrected chi connectivity index (χ0v) is 20.9. The maximum absolute atomic E-state index is 13.8. The van der Waals surface area contributed by atoms with Crippen LogP contribution in [-0.2, 0) is 11.3 Å². The van der Waals surface area contributed by atoms with Crippen LogP contribution in [0.15, 0.2) is 94.5 Å². The molecule has 1 amide bonds. The van der Waals surface area contributed by atoms with Gasteiger partial charge in [-0.05, 0) is 79.2 Å². The Morgan fingerprint density at radius 1 is 0.943 bits per heavy atom. The summed E-state index contributed by atoms with van der Waals surface area (Å²) in [4.78, 5) is 23.4. The Labute approximate surface area is 210 Å². The number of allylic oxidation sites excluding steroid dienone is 1. The van der Waals surface area contributed by atoms with E-state index < -0.39 is 0 Å². The van der Waals surface area contributed by atoms with Gasteiger partial charge in [0.25, 0.3) is 5.91 Å². The largest absolute Gasteiger partial charge is 0.497 e. The number of anilines is 1. The highest BCUT2D eigenvalue weighted by atomic mass is 32.2. The topological polar surface area (TPSA) is 45.1 Å². The van der Waals surface area contributed by atoms with Crippen LogP contribution in [0.1, 0.15) is 23.6 Å². The van der Waals surface area contributed by atoms with Crippen LogP contribution in [0.25, 0.3) is 6.08 Å². The first-order valence-electron chi connectivity index (χ1n) is 11.6. The van der Waals surface area contributed by atoms with Gasteiger partial charge < -0.3 is 9.64 Å². The van der Waals surface area contributed by atoms with Crippen LogP contribution in [0, 0.1) is 6.92 Å². The van der Waals surface area contributed by atoms with Crippen molar-refractivity contribution >= 4 is 40.3 Å². The predicted molar refractivity (Wildman–Crippen MR) is 145 cm³/mol. The number of amidine groups is 1. The minimum absolute atomic E-state index is 0.0280. The first kappa shape index (κ1) is 23.0. The lowest BCUT2D eigenvalue weighted by Crippen LogP contribution is -2.30. The Balaban J connectivity index is 1.57. The van der Waals surface area contributed by atoms with Crippen LogP contribution in [0.4, 0.5) is 11.4 Å². The fourth-order valence-electron chi connectivity index (χ4n) is 4.30. The molecule has 2 aliphatic rings. The summed E-state index contributed by atoms with van der Waals surface area (Å²) >= 11 is 1.44. The molecule has 0 saturated carbocycles. The summed E-state index contributed by atoms with van der Waals surface area (Å²) in [6, 6.07) is 24.0. The minimum Gasteiger partial charge on any atom is -0.497 e. The first-order valence-corrected chi connectivity index (χ1v) is 12.5. The number of hydrogen-bond donors (Lipinski definition) is 0. The fraction of sp³-hybridized carbons (Fsp3) is 0.172. The van der Waals surface area contributed by atoms with E-state index >= 15 is 0 Å². The number of amides is 1. The standard InChI is InChI=1S/C29H27N3O2S/c1-4-31-25-16-10-20(2)18-22(25)11-17-26(31)27-28(33)32(19-21-8-6-5-7-9-21)29(35-27)30-23-12-14-24(34-3)15-13-23/h5-18H,4,19H2,1-3H3/b27-26-,30-29?. The van der Waals surface area contributed by atoms with Crippen LogP contribution in [0.3, 0.4) is 0 Å². The number of nitrogens with zero attached hydrogens (tertiary/aromatic N) is 3. The number of carbonyl (C=O) groups is 1. The van der Waals surface area contributed by atoms with Crippen molar-refractivity contribution in [1.82, 2.24) is 4.90 Å². The molecule has 3 aromatic carbocycles. The van der Waals surface area contributed by atoms with Crippen molar-refractivity contribution in [2.24, 2.45) is 4.99 Å². The summed E-state index contributed by atoms with van der Waals surface area (Å²) in [5.41, 5.74) is 6.25. The Bertz CT molecular complexity index is 1340. The Hall–Kier alpha value is -3.77. The molecule has 1 saturated heterocycles. The summed E-state index contributed by atoms with van der Waals surface area (Å²) < 4.78 is 5.27. The molecule has 2 heterocycles. The molecule has 1 fully saturated rings. The fourth-order valence-corrected chi connectivity index (χ4v) is 5.37. The average molecular weight is 482 g/mol. The summed E-state index contributed by atoms with van der Waals surface area (Å²) in [7, 11) is 1.64. The molecule has 0 N–H and O–H groups in total. The number of carbonyl (C=O) groups excluding carboxylic acids is 1. The number of likely N-dealkylation sites (N-methyl/N-ethyl adjacent to an activating group) is 1. The third-order valence-corrected chi connectivity index (χ3v) is 7.16. The van der Waals surface area contributed by atoms with Crippen LogP contribution < -0.4 is 9.64 Å². The van der Waals surface area contributed by atoms with E-state index in [2.05, 4.69) is 49.1 Å². The zero-order chi connectivity index (χ0) is 24.4. The third-order valence-electron chi connectivity index (χ3n) is 6.08. The van der Waals surface area contributed by atoms with Gasteiger partial charge in [0.1, 0.15) is 10.7 Å². The van der Waals surface area contributed by atoms with Gasteiger partial charge in [0, 0.05) is 12.2 Å². The number of aliphatic imine (C=N–C) groups is 1. The molecule has 0 aliphatic carbocycles. The van der Waals surface area contributed by atoms with Crippen LogP contribution >= 0.6 is 11.8 Å². The zero-order valence-electron chi connectivity index (χ0n) is 20.1. The van der Waals surface area contributed by atoms with Gasteiger partial charge in [0.15, 0.2) is 5.17 Å². The van der Waals surface area contributed by atoms with Crippen LogP contribution in [0.5, 0.6) is 5.75 Å². The first-order chi connectivity index (χ1) is 17.1. The summed E-state index contributed by atoms with van der Waals surface area (Å²) in [5, 5.41) is 0.672. The van der Waals surface area contributed by atoms with E-state index in [1.54, 1.807) is 12.0 Å². The van der Waals surface area contributed by atoms with E-state index in [4.69, 9.17) is 9.73 Å². The summed E-state index contributed by atoms with van der Waals surface area (Å²) in [6.07, 6.45) is 4.16. The molecule has 35 heavy (non-hydrogen) atoms. The van der Waals surface area contributed by atoms with E-state index in [1.807, 2.05) is 54.6 Å². The SMILES string of the molecule is CCN1/C(=C2\SC(=Nc3ccc(OC)cc3)N(Cc3ccccc3)C2=O)C=Cc2cc(C)ccc21. The number of fused-ring (bicyclic) bond motifs is 1. The van der Waals surface area contributed by atoms with Crippen molar-refractivity contribution in [3.05, 3.63) is 106 Å². The Kier molecular flexibility index (Phi) is 6.47. The molecule has 0 atom stereocenters. The van der Waals surface area contributed by atoms with E-state index in [0.29, 0.717) is 16.6 Å². The maximum atomic E-state index is 13.8. The van der Waals surface area contributed by atoms with Crippen molar-refractivity contribution < 1.29 is 9.53 Å². The number of benzene rings is 3. The second-order valence-electron chi connectivity index (χ2n) is 8.43. The molecule has 3 aromatic rings. The van der Waals surface area contributed by atoms with E-state index in [9.17, 15) is 4.79 Å². The van der Waals surface area contributed by atoms with Gasteiger partial charge in [-0.15, -0.1) is 0 Å². The minimum atomic E-state index is -0.0280. The number of aryl methyl sites for hydroxylation is 1. The normalized spacial score (nSPS) is 18.4. The Morgan fingerprint density at radius 2 is 1.71 bits per heavy atom. The molecule has 0 spiro atoms. The summed E-state index contributed by atoms with van der Waals surface area (Å²) in [5.74, 6) is 0.743. The molecule has 0 radical (unpaired) electrons. The van der Waals surface area contributed by atoms with Gasteiger partial charge in [0.05, 0.1) is 25.0 Å². The molecule has 176 valence electrons. The number of rotatable bonds is 5. The van der Waals surface area contributed by atoms with Crippen LogP contribution in [0.2, 0.25) is 0 Å². The van der Waals surface area contributed by atoms with Gasteiger partial charge >= 0.3 is 0 Å². The Morgan fingerprint density at radius 3 is 2.43 bits per heavy atom.